The van der Waals surface area contributed by atoms with Crippen LogP contribution in [-0.2, 0) is 0 Å². The van der Waals surface area contributed by atoms with Gasteiger partial charge in [0.25, 0.3) is 5.91 Å². The summed E-state index contributed by atoms with van der Waals surface area (Å²) in [5, 5.41) is 0.588. The number of carbonyl (C=O) groups is 1. The largest absolute Gasteiger partial charge is 0.336 e. The zero-order valence-electron chi connectivity index (χ0n) is 9.04. The highest BCUT2D eigenvalue weighted by atomic mass is 79.9. The van der Waals surface area contributed by atoms with E-state index in [-0.39, 0.29) is 5.91 Å². The third-order valence-electron chi connectivity index (χ3n) is 2.92. The van der Waals surface area contributed by atoms with Crippen molar-refractivity contribution in [3.05, 3.63) is 33.3 Å². The molecule has 1 unspecified atom stereocenters. The Morgan fingerprint density at radius 2 is 2.25 bits per heavy atom. The highest BCUT2D eigenvalue weighted by Crippen LogP contribution is 2.24. The summed E-state index contributed by atoms with van der Waals surface area (Å²) >= 11 is 9.29. The Morgan fingerprint density at radius 3 is 2.81 bits per heavy atom. The van der Waals surface area contributed by atoms with E-state index in [9.17, 15) is 4.79 Å². The zero-order chi connectivity index (χ0) is 11.7. The van der Waals surface area contributed by atoms with E-state index in [0.717, 1.165) is 23.9 Å². The molecular formula is C12H13BrClNO. The number of likely N-dealkylation sites (tertiary alicyclic amines) is 1. The molecule has 0 spiro atoms. The Kier molecular flexibility index (Phi) is 3.55. The first-order chi connectivity index (χ1) is 7.58. The van der Waals surface area contributed by atoms with Crippen LogP contribution in [0.2, 0.25) is 5.02 Å². The average Bonchev–Trinajstić information content (AvgIpc) is 2.62. The Balaban J connectivity index is 2.26. The molecule has 1 fully saturated rings. The van der Waals surface area contributed by atoms with Crippen LogP contribution in [0.5, 0.6) is 0 Å². The van der Waals surface area contributed by atoms with E-state index >= 15 is 0 Å². The highest BCUT2D eigenvalue weighted by molar-refractivity contribution is 9.10. The summed E-state index contributed by atoms with van der Waals surface area (Å²) in [6.07, 6.45) is 2.18. The molecule has 1 atom stereocenters. The molecule has 0 aromatic heterocycles. The first-order valence-electron chi connectivity index (χ1n) is 5.35. The van der Waals surface area contributed by atoms with Crippen LogP contribution in [0.1, 0.15) is 30.1 Å². The minimum absolute atomic E-state index is 0.0770. The van der Waals surface area contributed by atoms with Gasteiger partial charge in [-0.3, -0.25) is 4.79 Å². The monoisotopic (exact) mass is 301 g/mol. The van der Waals surface area contributed by atoms with E-state index in [2.05, 4.69) is 22.9 Å². The van der Waals surface area contributed by atoms with E-state index < -0.39 is 0 Å². The molecule has 0 aliphatic carbocycles. The molecule has 16 heavy (non-hydrogen) atoms. The number of benzene rings is 1. The van der Waals surface area contributed by atoms with Gasteiger partial charge in [-0.1, -0.05) is 27.5 Å². The number of nitrogens with zero attached hydrogens (tertiary/aromatic N) is 1. The predicted octanol–water partition coefficient (Wildman–Crippen LogP) is 3.73. The van der Waals surface area contributed by atoms with Crippen LogP contribution in [0.4, 0.5) is 0 Å². The van der Waals surface area contributed by atoms with Crippen LogP contribution in [0.3, 0.4) is 0 Å². The number of carbonyl (C=O) groups excluding carboxylic acids is 1. The van der Waals surface area contributed by atoms with Crippen LogP contribution in [0, 0.1) is 0 Å². The summed E-state index contributed by atoms with van der Waals surface area (Å²) in [6, 6.07) is 5.66. The van der Waals surface area contributed by atoms with Crippen LogP contribution in [0.25, 0.3) is 0 Å². The van der Waals surface area contributed by atoms with Crippen molar-refractivity contribution < 1.29 is 4.79 Å². The Bertz CT molecular complexity index is 401. The van der Waals surface area contributed by atoms with Gasteiger partial charge in [-0.05, 0) is 38.0 Å². The summed E-state index contributed by atoms with van der Waals surface area (Å²) in [4.78, 5) is 14.1. The van der Waals surface area contributed by atoms with Gasteiger partial charge in [-0.15, -0.1) is 0 Å². The van der Waals surface area contributed by atoms with Crippen LogP contribution >= 0.6 is 27.5 Å². The molecule has 1 amide bonds. The van der Waals surface area contributed by atoms with Gasteiger partial charge in [0, 0.05) is 27.6 Å². The van der Waals surface area contributed by atoms with Gasteiger partial charge in [0.2, 0.25) is 0 Å². The number of hydrogen-bond acceptors (Lipinski definition) is 1. The Hall–Kier alpha value is -0.540. The molecule has 1 heterocycles. The van der Waals surface area contributed by atoms with Crippen molar-refractivity contribution in [3.8, 4) is 0 Å². The van der Waals surface area contributed by atoms with Gasteiger partial charge in [0.05, 0.1) is 0 Å². The quantitative estimate of drug-likeness (QED) is 0.774. The fourth-order valence-corrected chi connectivity index (χ4v) is 2.94. The Labute approximate surface area is 109 Å². The fraction of sp³-hybridized carbons (Fsp3) is 0.417. The van der Waals surface area contributed by atoms with Crippen LogP contribution in [-0.4, -0.2) is 23.4 Å². The lowest BCUT2D eigenvalue weighted by Crippen LogP contribution is -2.33. The molecule has 2 nitrogen and oxygen atoms in total. The first kappa shape index (κ1) is 11.9. The van der Waals surface area contributed by atoms with Crippen molar-refractivity contribution in [3.63, 3.8) is 0 Å². The van der Waals surface area contributed by atoms with Gasteiger partial charge in [0.15, 0.2) is 0 Å². The SMILES string of the molecule is CC1CCCN1C(=O)c1cc(Cl)cc(Br)c1. The predicted molar refractivity (Wildman–Crippen MR) is 68.9 cm³/mol. The molecule has 0 radical (unpaired) electrons. The fourth-order valence-electron chi connectivity index (χ4n) is 2.08. The smallest absolute Gasteiger partial charge is 0.254 e. The van der Waals surface area contributed by atoms with E-state index in [1.807, 2.05) is 11.0 Å². The molecular weight excluding hydrogens is 289 g/mol. The summed E-state index contributed by atoms with van der Waals surface area (Å²) in [5.41, 5.74) is 0.660. The zero-order valence-corrected chi connectivity index (χ0v) is 11.4. The lowest BCUT2D eigenvalue weighted by Gasteiger charge is -2.21. The molecule has 1 aliphatic heterocycles. The van der Waals surface area contributed by atoms with Crippen molar-refractivity contribution in [1.82, 2.24) is 4.90 Å². The van der Waals surface area contributed by atoms with Crippen molar-refractivity contribution in [2.75, 3.05) is 6.54 Å². The number of rotatable bonds is 1. The van der Waals surface area contributed by atoms with Gasteiger partial charge < -0.3 is 4.90 Å². The Morgan fingerprint density at radius 1 is 1.50 bits per heavy atom. The maximum atomic E-state index is 12.2. The second-order valence-electron chi connectivity index (χ2n) is 4.15. The normalized spacial score (nSPS) is 20.2. The molecule has 4 heteroatoms. The number of halogens is 2. The van der Waals surface area contributed by atoms with Crippen molar-refractivity contribution >= 4 is 33.4 Å². The lowest BCUT2D eigenvalue weighted by atomic mass is 10.2. The van der Waals surface area contributed by atoms with E-state index in [0.29, 0.717) is 16.6 Å². The van der Waals surface area contributed by atoms with Crippen LogP contribution < -0.4 is 0 Å². The highest BCUT2D eigenvalue weighted by Gasteiger charge is 2.26. The molecule has 1 aromatic carbocycles. The molecule has 1 saturated heterocycles. The molecule has 1 aromatic rings. The average molecular weight is 303 g/mol. The molecule has 2 rings (SSSR count). The van der Waals surface area contributed by atoms with Gasteiger partial charge in [-0.2, -0.15) is 0 Å². The van der Waals surface area contributed by atoms with Gasteiger partial charge in [-0.25, -0.2) is 0 Å². The maximum absolute atomic E-state index is 12.2. The molecule has 1 aliphatic rings. The minimum Gasteiger partial charge on any atom is -0.336 e. The lowest BCUT2D eigenvalue weighted by molar-refractivity contribution is 0.0747. The molecule has 0 bridgehead atoms. The van der Waals surface area contributed by atoms with Crippen molar-refractivity contribution in [1.29, 1.82) is 0 Å². The second-order valence-corrected chi connectivity index (χ2v) is 5.50. The third-order valence-corrected chi connectivity index (χ3v) is 3.60. The summed E-state index contributed by atoms with van der Waals surface area (Å²) in [6.45, 7) is 2.94. The number of hydrogen-bond donors (Lipinski definition) is 0. The molecule has 0 N–H and O–H groups in total. The van der Waals surface area contributed by atoms with Crippen molar-refractivity contribution in [2.45, 2.75) is 25.8 Å². The third kappa shape index (κ3) is 2.41. The number of amides is 1. The van der Waals surface area contributed by atoms with Crippen LogP contribution in [0.15, 0.2) is 22.7 Å². The topological polar surface area (TPSA) is 20.3 Å². The van der Waals surface area contributed by atoms with Crippen molar-refractivity contribution in [2.24, 2.45) is 0 Å². The second kappa shape index (κ2) is 4.76. The maximum Gasteiger partial charge on any atom is 0.254 e. The van der Waals surface area contributed by atoms with Gasteiger partial charge >= 0.3 is 0 Å². The van der Waals surface area contributed by atoms with E-state index in [1.165, 1.54) is 0 Å². The summed E-state index contributed by atoms with van der Waals surface area (Å²) in [5.74, 6) is 0.0770. The van der Waals surface area contributed by atoms with E-state index in [1.54, 1.807) is 12.1 Å². The standard InChI is InChI=1S/C12H13BrClNO/c1-8-3-2-4-15(8)12(16)9-5-10(13)7-11(14)6-9/h5-8H,2-4H2,1H3. The van der Waals surface area contributed by atoms with Gasteiger partial charge in [0.1, 0.15) is 0 Å². The summed E-state index contributed by atoms with van der Waals surface area (Å²) in [7, 11) is 0. The van der Waals surface area contributed by atoms with E-state index in [4.69, 9.17) is 11.6 Å². The first-order valence-corrected chi connectivity index (χ1v) is 6.52. The summed E-state index contributed by atoms with van der Waals surface area (Å²) < 4.78 is 0.843. The minimum atomic E-state index is 0.0770. The molecule has 86 valence electrons. The molecule has 0 saturated carbocycles.